The maximum absolute atomic E-state index is 5.76. The van der Waals surface area contributed by atoms with Gasteiger partial charge < -0.3 is 10.5 Å². The molecule has 1 atom stereocenters. The molecule has 62 valence electrons. The van der Waals surface area contributed by atoms with Gasteiger partial charge in [0, 0.05) is 18.2 Å². The number of rotatable bonds is 3. The molecule has 2 N–H and O–H groups in total. The van der Waals surface area contributed by atoms with Crippen molar-refractivity contribution >= 4 is 11.3 Å². The summed E-state index contributed by atoms with van der Waals surface area (Å²) in [4.78, 5) is 5.19. The van der Waals surface area contributed by atoms with Crippen LogP contribution in [0, 0.1) is 6.92 Å². The molecule has 0 saturated heterocycles. The summed E-state index contributed by atoms with van der Waals surface area (Å²) in [6.07, 6.45) is 1.81. The Morgan fingerprint density at radius 3 is 3.00 bits per heavy atom. The van der Waals surface area contributed by atoms with Gasteiger partial charge in [-0.1, -0.05) is 0 Å². The van der Waals surface area contributed by atoms with Crippen molar-refractivity contribution < 1.29 is 4.74 Å². The zero-order valence-electron chi connectivity index (χ0n) is 6.70. The van der Waals surface area contributed by atoms with Gasteiger partial charge in [-0.2, -0.15) is 0 Å². The van der Waals surface area contributed by atoms with Gasteiger partial charge in [-0.05, 0) is 6.92 Å². The zero-order chi connectivity index (χ0) is 8.27. The first-order chi connectivity index (χ1) is 5.24. The lowest BCUT2D eigenvalue weighted by Crippen LogP contribution is -2.14. The molecule has 0 aliphatic carbocycles. The second-order valence-electron chi connectivity index (χ2n) is 2.34. The van der Waals surface area contributed by atoms with Gasteiger partial charge in [0.1, 0.15) is 0 Å². The quantitative estimate of drug-likeness (QED) is 0.742. The van der Waals surface area contributed by atoms with Crippen LogP contribution < -0.4 is 5.73 Å². The summed E-state index contributed by atoms with van der Waals surface area (Å²) in [5, 5.41) is 1.05. The van der Waals surface area contributed by atoms with Crippen LogP contribution >= 0.6 is 11.3 Å². The molecule has 0 fully saturated rings. The zero-order valence-corrected chi connectivity index (χ0v) is 7.52. The summed E-state index contributed by atoms with van der Waals surface area (Å²) in [6, 6.07) is -0.0220. The van der Waals surface area contributed by atoms with Crippen molar-refractivity contribution in [3.05, 3.63) is 16.1 Å². The maximum Gasteiger partial charge on any atom is 0.0897 e. The number of hydrogen-bond acceptors (Lipinski definition) is 4. The lowest BCUT2D eigenvalue weighted by atomic mass is 10.3. The van der Waals surface area contributed by atoms with E-state index in [9.17, 15) is 0 Å². The number of methoxy groups -OCH3 is 1. The first kappa shape index (κ1) is 8.64. The highest BCUT2D eigenvalue weighted by Gasteiger charge is 2.07. The van der Waals surface area contributed by atoms with E-state index >= 15 is 0 Å². The maximum atomic E-state index is 5.76. The van der Waals surface area contributed by atoms with Gasteiger partial charge in [0.05, 0.1) is 17.7 Å². The van der Waals surface area contributed by atoms with Gasteiger partial charge in [-0.25, -0.2) is 4.98 Å². The molecular formula is C7H12N2OS. The minimum atomic E-state index is -0.0220. The van der Waals surface area contributed by atoms with E-state index in [-0.39, 0.29) is 6.04 Å². The Balaban J connectivity index is 2.60. The Kier molecular flexibility index (Phi) is 2.99. The van der Waals surface area contributed by atoms with Crippen LogP contribution in [0.25, 0.3) is 0 Å². The largest absolute Gasteiger partial charge is 0.383 e. The molecule has 0 radical (unpaired) electrons. The smallest absolute Gasteiger partial charge is 0.0897 e. The summed E-state index contributed by atoms with van der Waals surface area (Å²) in [5.41, 5.74) is 5.76. The lowest BCUT2D eigenvalue weighted by Gasteiger charge is -2.05. The van der Waals surface area contributed by atoms with E-state index in [4.69, 9.17) is 10.5 Å². The van der Waals surface area contributed by atoms with E-state index < -0.39 is 0 Å². The molecular weight excluding hydrogens is 160 g/mol. The molecule has 0 saturated carbocycles. The summed E-state index contributed by atoms with van der Waals surface area (Å²) in [5.74, 6) is 0. The molecule has 4 heteroatoms. The van der Waals surface area contributed by atoms with E-state index in [1.165, 1.54) is 0 Å². The molecule has 0 aromatic carbocycles. The normalized spacial score (nSPS) is 13.4. The minimum Gasteiger partial charge on any atom is -0.383 e. The number of thiazole rings is 1. The number of ether oxygens (including phenoxy) is 1. The van der Waals surface area contributed by atoms with E-state index in [0.717, 1.165) is 9.88 Å². The fraction of sp³-hybridized carbons (Fsp3) is 0.571. The van der Waals surface area contributed by atoms with Crippen molar-refractivity contribution in [2.75, 3.05) is 13.7 Å². The Morgan fingerprint density at radius 1 is 1.82 bits per heavy atom. The molecule has 0 aliphatic heterocycles. The molecule has 1 unspecified atom stereocenters. The topological polar surface area (TPSA) is 48.1 Å². The van der Waals surface area contributed by atoms with Crippen molar-refractivity contribution in [3.63, 3.8) is 0 Å². The highest BCUT2D eigenvalue weighted by Crippen LogP contribution is 2.18. The average Bonchev–Trinajstić information content (AvgIpc) is 2.36. The van der Waals surface area contributed by atoms with Gasteiger partial charge in [-0.3, -0.25) is 0 Å². The molecule has 1 aromatic heterocycles. The molecule has 1 heterocycles. The lowest BCUT2D eigenvalue weighted by molar-refractivity contribution is 0.182. The minimum absolute atomic E-state index is 0.0220. The molecule has 11 heavy (non-hydrogen) atoms. The Bertz CT molecular complexity index is 224. The summed E-state index contributed by atoms with van der Waals surface area (Å²) in [7, 11) is 1.65. The van der Waals surface area contributed by atoms with E-state index in [1.807, 2.05) is 13.1 Å². The Morgan fingerprint density at radius 2 is 2.55 bits per heavy atom. The van der Waals surface area contributed by atoms with Crippen LogP contribution in [0.5, 0.6) is 0 Å². The van der Waals surface area contributed by atoms with Crippen LogP contribution in [0.1, 0.15) is 15.9 Å². The number of hydrogen-bond donors (Lipinski definition) is 1. The van der Waals surface area contributed by atoms with Crippen LogP contribution in [-0.4, -0.2) is 18.7 Å². The Hall–Kier alpha value is -0.450. The highest BCUT2D eigenvalue weighted by atomic mass is 32.1. The second-order valence-corrected chi connectivity index (χ2v) is 3.61. The monoisotopic (exact) mass is 172 g/mol. The van der Waals surface area contributed by atoms with Crippen LogP contribution in [0.3, 0.4) is 0 Å². The van der Waals surface area contributed by atoms with Gasteiger partial charge in [0.25, 0.3) is 0 Å². The summed E-state index contributed by atoms with van der Waals surface area (Å²) >= 11 is 1.62. The second kappa shape index (κ2) is 3.80. The van der Waals surface area contributed by atoms with Crippen LogP contribution in [0.2, 0.25) is 0 Å². The van der Waals surface area contributed by atoms with Gasteiger partial charge in [0.15, 0.2) is 0 Å². The number of nitrogens with two attached hydrogens (primary N) is 1. The first-order valence-corrected chi connectivity index (χ1v) is 4.22. The SMILES string of the molecule is COCC(N)c1cnc(C)s1. The summed E-state index contributed by atoms with van der Waals surface area (Å²) in [6.45, 7) is 2.52. The number of aryl methyl sites for hydroxylation is 1. The fourth-order valence-corrected chi connectivity index (χ4v) is 1.58. The molecule has 0 spiro atoms. The van der Waals surface area contributed by atoms with Crippen LogP contribution in [0.15, 0.2) is 6.20 Å². The van der Waals surface area contributed by atoms with E-state index in [1.54, 1.807) is 18.4 Å². The first-order valence-electron chi connectivity index (χ1n) is 3.41. The molecule has 3 nitrogen and oxygen atoms in total. The van der Waals surface area contributed by atoms with Gasteiger partial charge in [-0.15, -0.1) is 11.3 Å². The van der Waals surface area contributed by atoms with Crippen LogP contribution in [0.4, 0.5) is 0 Å². The Labute approximate surface area is 70.2 Å². The third-order valence-corrected chi connectivity index (χ3v) is 2.40. The van der Waals surface area contributed by atoms with E-state index in [0.29, 0.717) is 6.61 Å². The standard InChI is InChI=1S/C7H12N2OS/c1-5-9-3-7(11-5)6(8)4-10-2/h3,6H,4,8H2,1-2H3. The third-order valence-electron chi connectivity index (χ3n) is 1.35. The average molecular weight is 172 g/mol. The van der Waals surface area contributed by atoms with E-state index in [2.05, 4.69) is 4.98 Å². The van der Waals surface area contributed by atoms with Crippen molar-refractivity contribution in [2.45, 2.75) is 13.0 Å². The number of nitrogens with zero attached hydrogens (tertiary/aromatic N) is 1. The van der Waals surface area contributed by atoms with Gasteiger partial charge >= 0.3 is 0 Å². The predicted octanol–water partition coefficient (Wildman–Crippen LogP) is 1.10. The van der Waals surface area contributed by atoms with Crippen molar-refractivity contribution in [2.24, 2.45) is 5.73 Å². The molecule has 0 aliphatic rings. The third kappa shape index (κ3) is 2.25. The molecule has 0 amide bonds. The van der Waals surface area contributed by atoms with Gasteiger partial charge in [0.2, 0.25) is 0 Å². The molecule has 1 rings (SSSR count). The highest BCUT2D eigenvalue weighted by molar-refractivity contribution is 7.11. The van der Waals surface area contributed by atoms with Crippen LogP contribution in [-0.2, 0) is 4.74 Å². The summed E-state index contributed by atoms with van der Waals surface area (Å²) < 4.78 is 4.92. The predicted molar refractivity (Wildman–Crippen MR) is 45.7 cm³/mol. The fourth-order valence-electron chi connectivity index (χ4n) is 0.811. The molecule has 1 aromatic rings. The van der Waals surface area contributed by atoms with Crippen molar-refractivity contribution in [3.8, 4) is 0 Å². The number of aromatic nitrogens is 1. The van der Waals surface area contributed by atoms with Crippen molar-refractivity contribution in [1.82, 2.24) is 4.98 Å². The van der Waals surface area contributed by atoms with Crippen molar-refractivity contribution in [1.29, 1.82) is 0 Å². The molecule has 0 bridgehead atoms.